The minimum Gasteiger partial charge on any atom is -0.392 e. The van der Waals surface area contributed by atoms with Gasteiger partial charge in [0.2, 0.25) is 0 Å². The van der Waals surface area contributed by atoms with Gasteiger partial charge in [0.05, 0.1) is 13.2 Å². The third-order valence-corrected chi connectivity index (χ3v) is 0.377. The van der Waals surface area contributed by atoms with Gasteiger partial charge in [-0.1, -0.05) is 12.2 Å². The smallest absolute Gasteiger partial charge is 0.0613 e. The van der Waals surface area contributed by atoms with E-state index in [1.807, 2.05) is 0 Å². The predicted octanol–water partition coefficient (Wildman–Crippen LogP) is -0.475. The van der Waals surface area contributed by atoms with Gasteiger partial charge in [-0.3, -0.25) is 0 Å². The molecule has 7 heavy (non-hydrogen) atoms. The summed E-state index contributed by atoms with van der Waals surface area (Å²) < 4.78 is 0. The Morgan fingerprint density at radius 3 is 1.43 bits per heavy atom. The number of aliphatic hydroxyl groups excluding tert-OH is 2. The second kappa shape index (κ2) is 9.74. The summed E-state index contributed by atoms with van der Waals surface area (Å²) in [7, 11) is 0. The Kier molecular flexibility index (Phi) is 14.6. The van der Waals surface area contributed by atoms with Crippen molar-refractivity contribution in [2.45, 2.75) is 0 Å². The maximum Gasteiger partial charge on any atom is 0.0613 e. The van der Waals surface area contributed by atoms with E-state index in [9.17, 15) is 0 Å². The van der Waals surface area contributed by atoms with E-state index < -0.39 is 0 Å². The van der Waals surface area contributed by atoms with E-state index in [-0.39, 0.29) is 39.4 Å². The number of hydrogen-bond donors (Lipinski definition) is 2. The van der Waals surface area contributed by atoms with E-state index in [1.54, 1.807) is 0 Å². The van der Waals surface area contributed by atoms with Crippen LogP contribution in [0.15, 0.2) is 12.2 Å². The molecule has 2 N–H and O–H groups in total. The largest absolute Gasteiger partial charge is 0.392 e. The van der Waals surface area contributed by atoms with Crippen LogP contribution in [0, 0.1) is 0 Å². The van der Waals surface area contributed by atoms with Crippen molar-refractivity contribution < 1.29 is 36.4 Å². The minimum atomic E-state index is 0. The van der Waals surface area contributed by atoms with Crippen molar-refractivity contribution in [3.05, 3.63) is 12.2 Å². The fraction of sp³-hybridized carbons (Fsp3) is 0.500. The number of aliphatic hydroxyl groups is 2. The third kappa shape index (κ3) is 10.8. The molecule has 0 atom stereocenters. The summed E-state index contributed by atoms with van der Waals surface area (Å²) in [6, 6.07) is 0. The van der Waals surface area contributed by atoms with Crippen molar-refractivity contribution in [1.82, 2.24) is 0 Å². The van der Waals surface area contributed by atoms with E-state index in [0.29, 0.717) is 0 Å². The van der Waals surface area contributed by atoms with Gasteiger partial charge in [-0.05, 0) is 0 Å². The summed E-state index contributed by atoms with van der Waals surface area (Å²) in [6.45, 7) is 0.0289. The summed E-state index contributed by atoms with van der Waals surface area (Å²) in [5, 5.41) is 16.0. The van der Waals surface area contributed by atoms with E-state index >= 15 is 0 Å². The van der Waals surface area contributed by atoms with Gasteiger partial charge in [-0.2, -0.15) is 0 Å². The predicted molar refractivity (Wildman–Crippen MR) is 23.3 cm³/mol. The third-order valence-electron chi connectivity index (χ3n) is 0.377. The van der Waals surface area contributed by atoms with Crippen LogP contribution in [-0.2, 0) is 26.2 Å². The molecule has 0 saturated carbocycles. The van der Waals surface area contributed by atoms with Gasteiger partial charge in [-0.25, -0.2) is 0 Å². The minimum absolute atomic E-state index is 0. The molecule has 0 bridgehead atoms. The standard InChI is InChI=1S/C4H8O2.Zr/c5-3-1-2-4-6;/h1-2,5-6H,3-4H2;/b2-1-;. The molecule has 0 aliphatic carbocycles. The topological polar surface area (TPSA) is 40.5 Å². The first-order chi connectivity index (χ1) is 2.91. The average Bonchev–Trinajstić information content (AvgIpc) is 1.61. The van der Waals surface area contributed by atoms with Crippen LogP contribution in [0.4, 0.5) is 0 Å². The summed E-state index contributed by atoms with van der Waals surface area (Å²) in [5.74, 6) is 0. The zero-order chi connectivity index (χ0) is 4.83. The quantitative estimate of drug-likeness (QED) is 0.562. The normalized spacial score (nSPS) is 8.86. The molecular weight excluding hydrogens is 171 g/mol. The molecule has 40 valence electrons. The molecule has 0 aromatic rings. The van der Waals surface area contributed by atoms with Crippen LogP contribution in [0.2, 0.25) is 0 Å². The average molecular weight is 179 g/mol. The molecule has 0 rings (SSSR count). The van der Waals surface area contributed by atoms with E-state index in [0.717, 1.165) is 0 Å². The second-order valence-corrected chi connectivity index (χ2v) is 0.837. The maximum atomic E-state index is 8.00. The van der Waals surface area contributed by atoms with Crippen LogP contribution in [-0.4, -0.2) is 23.4 Å². The van der Waals surface area contributed by atoms with Crippen LogP contribution in [0.25, 0.3) is 0 Å². The van der Waals surface area contributed by atoms with Gasteiger partial charge < -0.3 is 10.2 Å². The Hall–Kier alpha value is 0.543. The Morgan fingerprint density at radius 2 is 1.29 bits per heavy atom. The fourth-order valence-electron chi connectivity index (χ4n) is 0.149. The molecule has 0 heterocycles. The molecule has 3 heteroatoms. The Balaban J connectivity index is 0. The molecule has 2 nitrogen and oxygen atoms in total. The fourth-order valence-corrected chi connectivity index (χ4v) is 0.149. The van der Waals surface area contributed by atoms with Crippen molar-refractivity contribution in [2.24, 2.45) is 0 Å². The molecule has 0 radical (unpaired) electrons. The monoisotopic (exact) mass is 178 g/mol. The van der Waals surface area contributed by atoms with Gasteiger partial charge in [0.1, 0.15) is 0 Å². The molecule has 0 spiro atoms. The van der Waals surface area contributed by atoms with Gasteiger partial charge in [0, 0.05) is 26.2 Å². The Bertz CT molecular complexity index is 39.0. The zero-order valence-corrected chi connectivity index (χ0v) is 6.42. The van der Waals surface area contributed by atoms with E-state index in [2.05, 4.69) is 0 Å². The van der Waals surface area contributed by atoms with Crippen molar-refractivity contribution in [2.75, 3.05) is 13.2 Å². The number of hydrogen-bond acceptors (Lipinski definition) is 2. The van der Waals surface area contributed by atoms with Gasteiger partial charge >= 0.3 is 0 Å². The van der Waals surface area contributed by atoms with Crippen molar-refractivity contribution in [1.29, 1.82) is 0 Å². The number of rotatable bonds is 2. The van der Waals surface area contributed by atoms with Crippen LogP contribution in [0.3, 0.4) is 0 Å². The van der Waals surface area contributed by atoms with Crippen molar-refractivity contribution >= 4 is 0 Å². The first-order valence-electron chi connectivity index (χ1n) is 1.78. The first kappa shape index (κ1) is 10.5. The SMILES string of the molecule is OC/C=C\CO.[Zr]. The molecule has 0 saturated heterocycles. The molecule has 0 aromatic heterocycles. The second-order valence-electron chi connectivity index (χ2n) is 0.837. The summed E-state index contributed by atoms with van der Waals surface area (Å²) in [6.07, 6.45) is 2.97. The molecule has 0 aliphatic rings. The van der Waals surface area contributed by atoms with Gasteiger partial charge in [0.25, 0.3) is 0 Å². The Labute approximate surface area is 62.0 Å². The van der Waals surface area contributed by atoms with Crippen LogP contribution in [0.5, 0.6) is 0 Å². The maximum absolute atomic E-state index is 8.00. The Morgan fingerprint density at radius 1 is 1.00 bits per heavy atom. The molecule has 0 unspecified atom stereocenters. The van der Waals surface area contributed by atoms with Gasteiger partial charge in [0.15, 0.2) is 0 Å². The summed E-state index contributed by atoms with van der Waals surface area (Å²) in [4.78, 5) is 0. The van der Waals surface area contributed by atoms with E-state index in [1.165, 1.54) is 12.2 Å². The van der Waals surface area contributed by atoms with Crippen LogP contribution in [0.1, 0.15) is 0 Å². The molecule has 0 amide bonds. The van der Waals surface area contributed by atoms with Crippen LogP contribution >= 0.6 is 0 Å². The zero-order valence-electron chi connectivity index (χ0n) is 3.96. The summed E-state index contributed by atoms with van der Waals surface area (Å²) in [5.41, 5.74) is 0. The molecular formula is C4H8O2Zr. The van der Waals surface area contributed by atoms with Crippen LogP contribution < -0.4 is 0 Å². The summed E-state index contributed by atoms with van der Waals surface area (Å²) >= 11 is 0. The van der Waals surface area contributed by atoms with Crippen molar-refractivity contribution in [3.63, 3.8) is 0 Å². The first-order valence-corrected chi connectivity index (χ1v) is 1.78. The van der Waals surface area contributed by atoms with Crippen molar-refractivity contribution in [3.8, 4) is 0 Å². The van der Waals surface area contributed by atoms with Gasteiger partial charge in [-0.15, -0.1) is 0 Å². The molecule has 0 fully saturated rings. The molecule has 0 aliphatic heterocycles. The van der Waals surface area contributed by atoms with E-state index in [4.69, 9.17) is 10.2 Å². The molecule has 0 aromatic carbocycles.